The fourth-order valence-corrected chi connectivity index (χ4v) is 2.22. The molecular weight excluding hydrogens is 317 g/mol. The third-order valence-corrected chi connectivity index (χ3v) is 3.39. The zero-order valence-electron chi connectivity index (χ0n) is 11.3. The predicted octanol–water partition coefficient (Wildman–Crippen LogP) is 4.02. The Kier molecular flexibility index (Phi) is 4.65. The van der Waals surface area contributed by atoms with E-state index in [9.17, 15) is 18.0 Å². The maximum Gasteiger partial charge on any atom is 0.340 e. The highest BCUT2D eigenvalue weighted by molar-refractivity contribution is 7.80. The van der Waals surface area contributed by atoms with Gasteiger partial charge in [-0.1, -0.05) is 12.1 Å². The first-order chi connectivity index (χ1) is 10.3. The number of ether oxygens (including phenoxy) is 1. The molecule has 3 nitrogen and oxygen atoms in total. The molecule has 2 aromatic rings. The smallest absolute Gasteiger partial charge is 0.340 e. The number of fused-ring (bicyclic) bond motifs is 1. The summed E-state index contributed by atoms with van der Waals surface area (Å²) in [6.07, 6.45) is -0.125. The van der Waals surface area contributed by atoms with E-state index < -0.39 is 23.2 Å². The number of benzene rings is 2. The lowest BCUT2D eigenvalue weighted by atomic mass is 10.1. The molecule has 0 radical (unpaired) electrons. The van der Waals surface area contributed by atoms with E-state index in [0.717, 1.165) is 5.56 Å². The van der Waals surface area contributed by atoms with Gasteiger partial charge < -0.3 is 9.84 Å². The van der Waals surface area contributed by atoms with E-state index in [1.807, 2.05) is 19.1 Å². The summed E-state index contributed by atoms with van der Waals surface area (Å²) < 4.78 is 41.3. The van der Waals surface area contributed by atoms with Crippen LogP contribution in [-0.4, -0.2) is 11.1 Å². The number of cyclic esters (lactones) is 1. The van der Waals surface area contributed by atoms with Crippen LogP contribution in [0.4, 0.5) is 13.2 Å². The van der Waals surface area contributed by atoms with Crippen molar-refractivity contribution < 1.29 is 27.8 Å². The molecule has 0 aliphatic carbocycles. The summed E-state index contributed by atoms with van der Waals surface area (Å²) in [6, 6.07) is 6.81. The third-order valence-electron chi connectivity index (χ3n) is 3.02. The lowest BCUT2D eigenvalue weighted by molar-refractivity contribution is 0.0419. The zero-order chi connectivity index (χ0) is 16.4. The SMILES string of the molecule is CC1OC(=O)c2c(S)cccc21.Oc1c(F)ccc(F)c1F. The summed E-state index contributed by atoms with van der Waals surface area (Å²) >= 11 is 4.19. The van der Waals surface area contributed by atoms with Crippen LogP contribution in [0.2, 0.25) is 0 Å². The first-order valence-electron chi connectivity index (χ1n) is 6.18. The number of esters is 1. The van der Waals surface area contributed by atoms with Gasteiger partial charge in [0.1, 0.15) is 6.10 Å². The first-order valence-corrected chi connectivity index (χ1v) is 6.63. The van der Waals surface area contributed by atoms with Crippen molar-refractivity contribution in [2.45, 2.75) is 17.9 Å². The van der Waals surface area contributed by atoms with Crippen LogP contribution < -0.4 is 0 Å². The van der Waals surface area contributed by atoms with E-state index in [1.54, 1.807) is 6.07 Å². The molecule has 0 aromatic heterocycles. The van der Waals surface area contributed by atoms with Gasteiger partial charge in [0.2, 0.25) is 5.82 Å². The number of hydrogen-bond donors (Lipinski definition) is 2. The molecule has 1 heterocycles. The van der Waals surface area contributed by atoms with E-state index in [1.165, 1.54) is 0 Å². The Balaban J connectivity index is 0.000000164. The van der Waals surface area contributed by atoms with Crippen LogP contribution in [0.5, 0.6) is 5.75 Å². The van der Waals surface area contributed by atoms with Crippen LogP contribution in [0.15, 0.2) is 35.2 Å². The van der Waals surface area contributed by atoms with Crippen molar-refractivity contribution in [2.75, 3.05) is 0 Å². The van der Waals surface area contributed by atoms with Crippen molar-refractivity contribution >= 4 is 18.6 Å². The minimum Gasteiger partial charge on any atom is -0.503 e. The first kappa shape index (κ1) is 16.2. The van der Waals surface area contributed by atoms with Crippen molar-refractivity contribution in [3.8, 4) is 5.75 Å². The molecule has 0 fully saturated rings. The minimum atomic E-state index is -1.56. The number of carbonyl (C=O) groups excluding carboxylic acids is 1. The van der Waals surface area contributed by atoms with Crippen molar-refractivity contribution in [1.82, 2.24) is 0 Å². The van der Waals surface area contributed by atoms with Crippen LogP contribution in [0.1, 0.15) is 28.9 Å². The molecule has 0 bridgehead atoms. The van der Waals surface area contributed by atoms with E-state index in [-0.39, 0.29) is 12.1 Å². The molecular formula is C15H11F3O3S. The maximum atomic E-state index is 12.1. The van der Waals surface area contributed by atoms with Crippen molar-refractivity contribution in [3.63, 3.8) is 0 Å². The molecule has 1 aliphatic heterocycles. The Morgan fingerprint density at radius 1 is 1.14 bits per heavy atom. The average Bonchev–Trinajstić information content (AvgIpc) is 2.78. The molecule has 2 aromatic carbocycles. The molecule has 1 unspecified atom stereocenters. The van der Waals surface area contributed by atoms with Gasteiger partial charge in [0.15, 0.2) is 17.4 Å². The summed E-state index contributed by atoms with van der Waals surface area (Å²) in [5.41, 5.74) is 1.56. The lowest BCUT2D eigenvalue weighted by Gasteiger charge is -2.00. The van der Waals surface area contributed by atoms with E-state index in [2.05, 4.69) is 12.6 Å². The van der Waals surface area contributed by atoms with Gasteiger partial charge in [0.25, 0.3) is 0 Å². The van der Waals surface area contributed by atoms with Gasteiger partial charge in [-0.15, -0.1) is 12.6 Å². The lowest BCUT2D eigenvalue weighted by Crippen LogP contribution is -1.95. The van der Waals surface area contributed by atoms with Gasteiger partial charge in [-0.05, 0) is 25.1 Å². The second-order valence-electron chi connectivity index (χ2n) is 4.48. The summed E-state index contributed by atoms with van der Waals surface area (Å²) in [7, 11) is 0. The second-order valence-corrected chi connectivity index (χ2v) is 4.96. The number of thiol groups is 1. The molecule has 1 aliphatic rings. The molecule has 7 heteroatoms. The third kappa shape index (κ3) is 3.04. The molecule has 0 spiro atoms. The molecule has 1 atom stereocenters. The zero-order valence-corrected chi connectivity index (χ0v) is 12.2. The molecule has 0 amide bonds. The largest absolute Gasteiger partial charge is 0.503 e. The number of phenolic OH excluding ortho intramolecular Hbond substituents is 1. The fraction of sp³-hybridized carbons (Fsp3) is 0.133. The topological polar surface area (TPSA) is 46.5 Å². The Labute approximate surface area is 129 Å². The molecule has 0 saturated heterocycles. The van der Waals surface area contributed by atoms with Gasteiger partial charge in [0.05, 0.1) is 5.56 Å². The van der Waals surface area contributed by atoms with Gasteiger partial charge in [-0.25, -0.2) is 13.6 Å². The highest BCUT2D eigenvalue weighted by atomic mass is 32.1. The van der Waals surface area contributed by atoms with Gasteiger partial charge in [0, 0.05) is 10.5 Å². The molecule has 3 rings (SSSR count). The van der Waals surface area contributed by atoms with E-state index in [4.69, 9.17) is 9.84 Å². The van der Waals surface area contributed by atoms with Crippen LogP contribution in [0, 0.1) is 17.5 Å². The molecule has 0 saturated carbocycles. The highest BCUT2D eigenvalue weighted by Gasteiger charge is 2.28. The van der Waals surface area contributed by atoms with Crippen molar-refractivity contribution in [2.24, 2.45) is 0 Å². The molecule has 1 N–H and O–H groups in total. The Morgan fingerprint density at radius 2 is 1.77 bits per heavy atom. The number of rotatable bonds is 0. The maximum absolute atomic E-state index is 12.1. The van der Waals surface area contributed by atoms with E-state index in [0.29, 0.717) is 22.6 Å². The fourth-order valence-electron chi connectivity index (χ4n) is 1.92. The predicted molar refractivity (Wildman–Crippen MR) is 75.5 cm³/mol. The van der Waals surface area contributed by atoms with Crippen molar-refractivity contribution in [3.05, 3.63) is 58.9 Å². The molecule has 116 valence electrons. The van der Waals surface area contributed by atoms with Gasteiger partial charge in [-0.2, -0.15) is 4.39 Å². The number of aromatic hydroxyl groups is 1. The summed E-state index contributed by atoms with van der Waals surface area (Å²) in [5.74, 6) is -5.53. The number of hydrogen-bond acceptors (Lipinski definition) is 4. The molecule has 22 heavy (non-hydrogen) atoms. The summed E-state index contributed by atoms with van der Waals surface area (Å²) in [5, 5.41) is 8.40. The number of phenols is 1. The Bertz CT molecular complexity index is 707. The van der Waals surface area contributed by atoms with Crippen LogP contribution in [0.25, 0.3) is 0 Å². The Hall–Kier alpha value is -2.15. The van der Waals surface area contributed by atoms with Crippen LogP contribution >= 0.6 is 12.6 Å². The van der Waals surface area contributed by atoms with Crippen molar-refractivity contribution in [1.29, 1.82) is 0 Å². The summed E-state index contributed by atoms with van der Waals surface area (Å²) in [4.78, 5) is 11.9. The average molecular weight is 328 g/mol. The van der Waals surface area contributed by atoms with Gasteiger partial charge >= 0.3 is 5.97 Å². The van der Waals surface area contributed by atoms with Crippen LogP contribution in [0.3, 0.4) is 0 Å². The second kappa shape index (κ2) is 6.31. The van der Waals surface area contributed by atoms with Gasteiger partial charge in [-0.3, -0.25) is 0 Å². The summed E-state index contributed by atoms with van der Waals surface area (Å²) in [6.45, 7) is 1.86. The number of halogens is 3. The standard InChI is InChI=1S/C9H8O2S.C6H3F3O/c1-5-6-3-2-4-7(12)8(6)9(10)11-5;7-3-1-2-4(8)6(10)5(3)9/h2-5,12H,1H3;1-2,10H. The minimum absolute atomic E-state index is 0.125. The Morgan fingerprint density at radius 3 is 2.36 bits per heavy atom. The quantitative estimate of drug-likeness (QED) is 0.436. The van der Waals surface area contributed by atoms with Crippen LogP contribution in [-0.2, 0) is 4.74 Å². The normalized spacial score (nSPS) is 15.7. The highest BCUT2D eigenvalue weighted by Crippen LogP contribution is 2.33. The van der Waals surface area contributed by atoms with E-state index >= 15 is 0 Å². The number of carbonyl (C=O) groups is 1. The monoisotopic (exact) mass is 328 g/mol.